The Labute approximate surface area is 150 Å². The molecule has 0 atom stereocenters. The maximum atomic E-state index is 5.91. The largest absolute Gasteiger partial charge is 0.332 e. The first kappa shape index (κ1) is 21.2. The summed E-state index contributed by atoms with van der Waals surface area (Å²) >= 11 is 0. The molecule has 0 saturated carbocycles. The smallest absolute Gasteiger partial charge is 0.182 e. The number of rotatable bonds is 15. The lowest BCUT2D eigenvalue weighted by Gasteiger charge is -2.29. The van der Waals surface area contributed by atoms with Crippen molar-refractivity contribution in [3.8, 4) is 0 Å². The summed E-state index contributed by atoms with van der Waals surface area (Å²) < 4.78 is 6.81. The van der Waals surface area contributed by atoms with Gasteiger partial charge in [0.15, 0.2) is 6.73 Å². The predicted molar refractivity (Wildman–Crippen MR) is 105 cm³/mol. The van der Waals surface area contributed by atoms with E-state index in [1.165, 1.54) is 69.8 Å². The number of hydrogen-bond donors (Lipinski definition) is 0. The Bertz CT molecular complexity index is 388. The fourth-order valence-corrected chi connectivity index (χ4v) is 3.13. The van der Waals surface area contributed by atoms with Crippen molar-refractivity contribution < 1.29 is 9.22 Å². The lowest BCUT2D eigenvalue weighted by atomic mass is 10.1. The first-order chi connectivity index (χ1) is 11.6. The molecule has 0 aliphatic carbocycles. The number of nitrogens with zero attached hydrogens (tertiary/aromatic N) is 1. The minimum Gasteiger partial charge on any atom is -0.332 e. The van der Waals surface area contributed by atoms with E-state index in [9.17, 15) is 0 Å². The quantitative estimate of drug-likeness (QED) is 0.212. The first-order valence-electron chi connectivity index (χ1n) is 10.1. The third-order valence-corrected chi connectivity index (χ3v) is 4.54. The van der Waals surface area contributed by atoms with Crippen LogP contribution in [0.25, 0.3) is 0 Å². The minimum atomic E-state index is 0.798. The Morgan fingerprint density at radius 1 is 0.750 bits per heavy atom. The summed E-state index contributed by atoms with van der Waals surface area (Å²) in [6.07, 6.45) is 13.8. The van der Waals surface area contributed by atoms with Gasteiger partial charge in [-0.05, 0) is 6.42 Å². The van der Waals surface area contributed by atoms with Gasteiger partial charge in [0.2, 0.25) is 0 Å². The number of ether oxygens (including phenoxy) is 1. The van der Waals surface area contributed by atoms with E-state index in [0.717, 1.165) is 24.4 Å². The molecule has 24 heavy (non-hydrogen) atoms. The standard InChI is InChI=1S/C22H40NO/c1-4-5-6-7-8-9-10-11-12-16-19-24-21-23(2,3)20-22-17-14-13-15-18-22/h13-15,17-18H,4-12,16,19-21H2,1-3H3/q+1. The number of unbranched alkanes of at least 4 members (excludes halogenated alkanes) is 9. The van der Waals surface area contributed by atoms with Gasteiger partial charge in [-0.1, -0.05) is 95.0 Å². The van der Waals surface area contributed by atoms with Crippen LogP contribution in [0, 0.1) is 0 Å². The molecule has 0 bridgehead atoms. The fraction of sp³-hybridized carbons (Fsp3) is 0.727. The molecule has 0 saturated heterocycles. The Morgan fingerprint density at radius 3 is 1.88 bits per heavy atom. The van der Waals surface area contributed by atoms with Gasteiger partial charge in [0.25, 0.3) is 0 Å². The molecule has 2 nitrogen and oxygen atoms in total. The Balaban J connectivity index is 1.92. The fourth-order valence-electron chi connectivity index (χ4n) is 3.13. The van der Waals surface area contributed by atoms with Gasteiger partial charge in [0.05, 0.1) is 20.7 Å². The van der Waals surface area contributed by atoms with Crippen LogP contribution in [-0.4, -0.2) is 31.9 Å². The monoisotopic (exact) mass is 334 g/mol. The lowest BCUT2D eigenvalue weighted by molar-refractivity contribution is -0.922. The zero-order chi connectivity index (χ0) is 17.5. The zero-order valence-corrected chi connectivity index (χ0v) is 16.4. The van der Waals surface area contributed by atoms with Gasteiger partial charge in [-0.3, -0.25) is 0 Å². The number of benzene rings is 1. The molecule has 2 heteroatoms. The molecular weight excluding hydrogens is 294 g/mol. The maximum absolute atomic E-state index is 5.91. The van der Waals surface area contributed by atoms with Crippen molar-refractivity contribution >= 4 is 0 Å². The molecule has 0 fully saturated rings. The highest BCUT2D eigenvalue weighted by Crippen LogP contribution is 2.11. The van der Waals surface area contributed by atoms with Gasteiger partial charge in [-0.2, -0.15) is 0 Å². The van der Waals surface area contributed by atoms with Gasteiger partial charge >= 0.3 is 0 Å². The van der Waals surface area contributed by atoms with Crippen molar-refractivity contribution in [2.24, 2.45) is 0 Å². The molecule has 0 N–H and O–H groups in total. The molecule has 0 heterocycles. The molecular formula is C22H40NO+. The van der Waals surface area contributed by atoms with E-state index in [2.05, 4.69) is 51.4 Å². The van der Waals surface area contributed by atoms with E-state index < -0.39 is 0 Å². The second-order valence-electron chi connectivity index (χ2n) is 7.80. The van der Waals surface area contributed by atoms with E-state index >= 15 is 0 Å². The van der Waals surface area contributed by atoms with Crippen molar-refractivity contribution in [1.82, 2.24) is 0 Å². The topological polar surface area (TPSA) is 9.23 Å². The summed E-state index contributed by atoms with van der Waals surface area (Å²) in [5, 5.41) is 0. The molecule has 1 rings (SSSR count). The van der Waals surface area contributed by atoms with Gasteiger partial charge in [-0.15, -0.1) is 0 Å². The van der Waals surface area contributed by atoms with Crippen molar-refractivity contribution in [2.45, 2.75) is 77.7 Å². The van der Waals surface area contributed by atoms with Crippen LogP contribution in [0.2, 0.25) is 0 Å². The third kappa shape index (κ3) is 11.6. The molecule has 0 unspecified atom stereocenters. The summed E-state index contributed by atoms with van der Waals surface area (Å²) in [7, 11) is 4.48. The van der Waals surface area contributed by atoms with E-state index in [0.29, 0.717) is 0 Å². The molecule has 0 aromatic heterocycles. The van der Waals surface area contributed by atoms with E-state index in [4.69, 9.17) is 4.74 Å². The van der Waals surface area contributed by atoms with E-state index in [1.807, 2.05) is 0 Å². The summed E-state index contributed by atoms with van der Waals surface area (Å²) in [4.78, 5) is 0. The molecule has 1 aromatic rings. The van der Waals surface area contributed by atoms with Crippen molar-refractivity contribution in [1.29, 1.82) is 0 Å². The van der Waals surface area contributed by atoms with Crippen LogP contribution < -0.4 is 0 Å². The second kappa shape index (κ2) is 13.4. The average molecular weight is 335 g/mol. The molecule has 138 valence electrons. The van der Waals surface area contributed by atoms with Gasteiger partial charge in [0.1, 0.15) is 6.54 Å². The Kier molecular flexibility index (Phi) is 11.9. The van der Waals surface area contributed by atoms with Crippen LogP contribution in [0.4, 0.5) is 0 Å². The van der Waals surface area contributed by atoms with E-state index in [-0.39, 0.29) is 0 Å². The van der Waals surface area contributed by atoms with Crippen LogP contribution in [0.3, 0.4) is 0 Å². The summed E-state index contributed by atoms with van der Waals surface area (Å²) in [5.74, 6) is 0. The summed E-state index contributed by atoms with van der Waals surface area (Å²) in [6, 6.07) is 10.7. The van der Waals surface area contributed by atoms with Crippen LogP contribution in [-0.2, 0) is 11.3 Å². The first-order valence-corrected chi connectivity index (χ1v) is 10.1. The van der Waals surface area contributed by atoms with Crippen molar-refractivity contribution in [2.75, 3.05) is 27.4 Å². The molecule has 0 amide bonds. The molecule has 0 spiro atoms. The number of hydrogen-bond acceptors (Lipinski definition) is 1. The number of quaternary nitrogens is 1. The second-order valence-corrected chi connectivity index (χ2v) is 7.80. The van der Waals surface area contributed by atoms with Gasteiger partial charge in [0, 0.05) is 5.56 Å². The van der Waals surface area contributed by atoms with E-state index in [1.54, 1.807) is 0 Å². The van der Waals surface area contributed by atoms with Crippen LogP contribution in [0.1, 0.15) is 76.7 Å². The minimum absolute atomic E-state index is 0.798. The highest BCUT2D eigenvalue weighted by molar-refractivity contribution is 5.13. The van der Waals surface area contributed by atoms with Crippen molar-refractivity contribution in [3.63, 3.8) is 0 Å². The third-order valence-electron chi connectivity index (χ3n) is 4.54. The summed E-state index contributed by atoms with van der Waals surface area (Å²) in [6.45, 7) is 5.02. The van der Waals surface area contributed by atoms with Gasteiger partial charge in [-0.25, -0.2) is 0 Å². The normalized spacial score (nSPS) is 11.8. The maximum Gasteiger partial charge on any atom is 0.182 e. The lowest BCUT2D eigenvalue weighted by Crippen LogP contribution is -2.40. The van der Waals surface area contributed by atoms with Gasteiger partial charge < -0.3 is 9.22 Å². The van der Waals surface area contributed by atoms with Crippen LogP contribution in [0.5, 0.6) is 0 Å². The molecule has 0 aliphatic rings. The molecule has 0 radical (unpaired) electrons. The average Bonchev–Trinajstić information content (AvgIpc) is 2.56. The SMILES string of the molecule is CCCCCCCCCCCCOC[N+](C)(C)Cc1ccccc1. The Morgan fingerprint density at radius 2 is 1.29 bits per heavy atom. The molecule has 1 aromatic carbocycles. The zero-order valence-electron chi connectivity index (χ0n) is 16.4. The van der Waals surface area contributed by atoms with Crippen LogP contribution in [0.15, 0.2) is 30.3 Å². The van der Waals surface area contributed by atoms with Crippen molar-refractivity contribution in [3.05, 3.63) is 35.9 Å². The highest BCUT2D eigenvalue weighted by atomic mass is 16.5. The predicted octanol–water partition coefficient (Wildman–Crippen LogP) is 6.16. The molecule has 0 aliphatic heterocycles. The highest BCUT2D eigenvalue weighted by Gasteiger charge is 2.15. The van der Waals surface area contributed by atoms with Crippen LogP contribution >= 0.6 is 0 Å². The summed E-state index contributed by atoms with van der Waals surface area (Å²) in [5.41, 5.74) is 1.38. The Hall–Kier alpha value is -0.860.